The number of pyridine rings is 4. The van der Waals surface area contributed by atoms with Crippen LogP contribution in [0.1, 0.15) is 26.4 Å². The first-order chi connectivity index (χ1) is 43.3. The van der Waals surface area contributed by atoms with E-state index in [9.17, 15) is 53.2 Å². The maximum atomic E-state index is 14.7. The highest BCUT2D eigenvalue weighted by Gasteiger charge is 2.34. The van der Waals surface area contributed by atoms with Gasteiger partial charge in [-0.2, -0.15) is 13.2 Å². The maximum Gasteiger partial charge on any atom is 0.433 e. The highest BCUT2D eigenvalue weighted by atomic mass is 32.2. The molecule has 0 saturated carbocycles. The average Bonchev–Trinajstić information content (AvgIpc) is 1.68. The second-order valence-corrected chi connectivity index (χ2v) is 25.2. The summed E-state index contributed by atoms with van der Waals surface area (Å²) in [6.45, 7) is 0.285. The molecule has 0 spiro atoms. The first kappa shape index (κ1) is 59.1. The Bertz CT molecular complexity index is 5370. The van der Waals surface area contributed by atoms with Crippen LogP contribution >= 0.6 is 0 Å². The van der Waals surface area contributed by atoms with Crippen LogP contribution in [-0.4, -0.2) is 98.0 Å². The molecule has 14 rings (SSSR count). The molecule has 8 aromatic heterocycles. The van der Waals surface area contributed by atoms with Gasteiger partial charge in [0, 0.05) is 97.0 Å². The lowest BCUT2D eigenvalue weighted by Crippen LogP contribution is -2.25. The summed E-state index contributed by atoms with van der Waals surface area (Å²) in [5.41, 5.74) is 3.86. The van der Waals surface area contributed by atoms with E-state index in [1.807, 2.05) is 4.57 Å². The molecule has 0 radical (unpaired) electrons. The Hall–Kier alpha value is -10.9. The minimum atomic E-state index is -4.68. The van der Waals surface area contributed by atoms with E-state index >= 15 is 0 Å². The Balaban J connectivity index is 0.000000167. The minimum Gasteiger partial charge on any atom is -0.470 e. The van der Waals surface area contributed by atoms with Crippen LogP contribution in [0.15, 0.2) is 153 Å². The molecule has 28 heteroatoms. The van der Waals surface area contributed by atoms with Gasteiger partial charge in [0.2, 0.25) is 25.9 Å². The van der Waals surface area contributed by atoms with Crippen LogP contribution in [0.25, 0.3) is 106 Å². The van der Waals surface area contributed by atoms with Crippen molar-refractivity contribution in [3.63, 3.8) is 0 Å². The molecule has 10 heterocycles. The number of aromatic nitrogens is 6. The zero-order chi connectivity index (χ0) is 64.3. The van der Waals surface area contributed by atoms with E-state index in [2.05, 4.69) is 15.6 Å². The SMILES string of the molecule is CNC(=O)c1c(-c2ccc(C(F)(F)F)nc2)oc2cc(N(C)S(C)(=O)=O)c(-c3ccc4c(n3)-c3cc5c(F)cccc5n3CO4)cc12.CNC(=O)c1c(-n2ccccc2=O)oc2cc(N(C)S(C)(=O)=O)c(-c3ccc4c(n3)-c3cc5c(F)cccc5n3CO4)cc12. The standard InChI is InChI=1S/C32H23F4N5O5S.C31H24FN5O6S/c1-37-31(42)28-19-11-18(21-8-9-25-29(39-21)24-12-17-20(33)5-4-6-22(17)41(24)15-45-25)23(40(2)47(3,43)44)13-26(19)46-30(28)16-7-10-27(38-14-16)32(34,35)36;1-33-30(39)28-19-13-18(23(35(2)44(3,40)41)15-26(19)43-31(28)36-12-5-4-9-27(36)38)21-10-11-25-29(34-21)24-14-17-20(32)7-6-8-22(17)37(24)16-42-25/h4-14H,15H2,1-3H3,(H,37,42);4-15H,16H2,1-3H3,(H,33,39). The second kappa shape index (κ2) is 21.7. The zero-order valence-corrected chi connectivity index (χ0v) is 50.1. The molecule has 12 aromatic rings. The van der Waals surface area contributed by atoms with Crippen LogP contribution in [0.4, 0.5) is 33.3 Å². The van der Waals surface area contributed by atoms with E-state index in [1.54, 1.807) is 83.4 Å². The summed E-state index contributed by atoms with van der Waals surface area (Å²) in [6.07, 6.45) is -0.172. The molecule has 0 fully saturated rings. The number of amides is 2. The normalized spacial score (nSPS) is 12.7. The van der Waals surface area contributed by atoms with Crippen molar-refractivity contribution in [1.82, 2.24) is 39.3 Å². The van der Waals surface area contributed by atoms with Gasteiger partial charge in [-0.05, 0) is 91.0 Å². The Morgan fingerprint density at radius 2 is 1.11 bits per heavy atom. The van der Waals surface area contributed by atoms with Crippen molar-refractivity contribution in [2.75, 3.05) is 49.3 Å². The minimum absolute atomic E-state index is 0.00392. The summed E-state index contributed by atoms with van der Waals surface area (Å²) in [7, 11) is -2.03. The Morgan fingerprint density at radius 1 is 0.604 bits per heavy atom. The van der Waals surface area contributed by atoms with Gasteiger partial charge in [0.15, 0.2) is 13.5 Å². The van der Waals surface area contributed by atoms with Gasteiger partial charge in [-0.25, -0.2) is 35.6 Å². The van der Waals surface area contributed by atoms with Crippen LogP contribution in [0.3, 0.4) is 0 Å². The first-order valence-corrected chi connectivity index (χ1v) is 31.1. The predicted molar refractivity (Wildman–Crippen MR) is 329 cm³/mol. The van der Waals surface area contributed by atoms with Crippen LogP contribution in [-0.2, 0) is 39.7 Å². The number of rotatable bonds is 10. The fourth-order valence-corrected chi connectivity index (χ4v) is 12.1. The van der Waals surface area contributed by atoms with E-state index < -0.39 is 55.1 Å². The molecule has 0 aliphatic carbocycles. The van der Waals surface area contributed by atoms with Gasteiger partial charge in [-0.1, -0.05) is 18.2 Å². The van der Waals surface area contributed by atoms with Crippen LogP contribution in [0.5, 0.6) is 11.5 Å². The van der Waals surface area contributed by atoms with Crippen molar-refractivity contribution in [3.05, 3.63) is 179 Å². The number of nitrogens with one attached hydrogen (secondary N) is 2. The van der Waals surface area contributed by atoms with Gasteiger partial charge in [0.25, 0.3) is 17.4 Å². The molecule has 0 atom stereocenters. The lowest BCUT2D eigenvalue weighted by molar-refractivity contribution is -0.141. The monoisotopic (exact) mass is 1280 g/mol. The van der Waals surface area contributed by atoms with E-state index in [4.69, 9.17) is 28.3 Å². The number of alkyl halides is 3. The van der Waals surface area contributed by atoms with E-state index in [0.29, 0.717) is 78.4 Å². The average molecular weight is 1280 g/mol. The molecule has 2 aliphatic rings. The number of hydrogen-bond acceptors (Lipinski definition) is 14. The molecule has 91 heavy (non-hydrogen) atoms. The summed E-state index contributed by atoms with van der Waals surface area (Å²) in [5.74, 6) is -1.09. The highest BCUT2D eigenvalue weighted by molar-refractivity contribution is 7.92. The molecule has 2 amide bonds. The third kappa shape index (κ3) is 10.1. The maximum absolute atomic E-state index is 14.7. The molecule has 462 valence electrons. The Kier molecular flexibility index (Phi) is 14.1. The highest BCUT2D eigenvalue weighted by Crippen LogP contribution is 2.46. The number of fused-ring (bicyclic) bond motifs is 12. The van der Waals surface area contributed by atoms with Gasteiger partial charge in [0.05, 0.1) is 63.3 Å². The van der Waals surface area contributed by atoms with Crippen molar-refractivity contribution < 1.29 is 66.7 Å². The lowest BCUT2D eigenvalue weighted by Gasteiger charge is -2.23. The van der Waals surface area contributed by atoms with Crippen molar-refractivity contribution >= 4 is 87.0 Å². The van der Waals surface area contributed by atoms with Gasteiger partial charge >= 0.3 is 6.18 Å². The smallest absolute Gasteiger partial charge is 0.433 e. The largest absolute Gasteiger partial charge is 0.470 e. The summed E-state index contributed by atoms with van der Waals surface area (Å²) >= 11 is 0. The Morgan fingerprint density at radius 3 is 1.58 bits per heavy atom. The lowest BCUT2D eigenvalue weighted by atomic mass is 10.0. The van der Waals surface area contributed by atoms with Crippen LogP contribution in [0, 0.1) is 11.6 Å². The van der Waals surface area contributed by atoms with Crippen molar-refractivity contribution in [1.29, 1.82) is 0 Å². The molecular formula is C63H47F5N10O11S2. The van der Waals surface area contributed by atoms with Crippen molar-refractivity contribution in [2.45, 2.75) is 19.6 Å². The number of sulfonamides is 2. The molecule has 21 nitrogen and oxygen atoms in total. The number of carbonyl (C=O) groups is 2. The number of ether oxygens (including phenoxy) is 2. The summed E-state index contributed by atoms with van der Waals surface area (Å²) in [5, 5.41) is 6.49. The van der Waals surface area contributed by atoms with E-state index in [0.717, 1.165) is 39.5 Å². The van der Waals surface area contributed by atoms with Gasteiger partial charge in [-0.15, -0.1) is 0 Å². The second-order valence-electron chi connectivity index (χ2n) is 21.2. The molecule has 0 bridgehead atoms. The molecule has 2 aliphatic heterocycles. The summed E-state index contributed by atoms with van der Waals surface area (Å²) < 4.78 is 151. The number of carbonyl (C=O) groups excluding carboxylic acids is 2. The number of nitrogens with zero attached hydrogens (tertiary/aromatic N) is 8. The van der Waals surface area contributed by atoms with Crippen LogP contribution in [0.2, 0.25) is 0 Å². The number of benzene rings is 4. The number of hydrogen-bond donors (Lipinski definition) is 2. The fourth-order valence-electron chi connectivity index (χ4n) is 11.1. The fraction of sp³-hybridized carbons (Fsp3) is 0.143. The number of anilines is 2. The first-order valence-electron chi connectivity index (χ1n) is 27.4. The number of halogens is 5. The molecule has 0 unspecified atom stereocenters. The number of furan rings is 2. The zero-order valence-electron chi connectivity index (χ0n) is 48.5. The topological polar surface area (TPSA) is 248 Å². The quantitative estimate of drug-likeness (QED) is 0.121. The van der Waals surface area contributed by atoms with Crippen molar-refractivity contribution in [2.24, 2.45) is 0 Å². The van der Waals surface area contributed by atoms with Gasteiger partial charge in [-0.3, -0.25) is 32.5 Å². The molecular weight excluding hydrogens is 1230 g/mol. The van der Waals surface area contributed by atoms with E-state index in [1.165, 1.54) is 75.4 Å². The molecule has 0 saturated heterocycles. The summed E-state index contributed by atoms with van der Waals surface area (Å²) in [4.78, 5) is 52.4. The third-order valence-corrected chi connectivity index (χ3v) is 18.2. The molecule has 2 N–H and O–H groups in total. The van der Waals surface area contributed by atoms with E-state index in [-0.39, 0.29) is 81.1 Å². The summed E-state index contributed by atoms with van der Waals surface area (Å²) in [6, 6.07) is 32.1. The predicted octanol–water partition coefficient (Wildman–Crippen LogP) is 11.0. The van der Waals surface area contributed by atoms with Gasteiger partial charge < -0.3 is 38.1 Å². The third-order valence-electron chi connectivity index (χ3n) is 15.8. The van der Waals surface area contributed by atoms with Crippen molar-refractivity contribution in [3.8, 4) is 74.0 Å². The molecule has 4 aromatic carbocycles. The van der Waals surface area contributed by atoms with Gasteiger partial charge in [0.1, 0.15) is 62.7 Å². The Labute approximate surface area is 512 Å². The van der Waals surface area contributed by atoms with Crippen LogP contribution < -0.4 is 34.3 Å².